The summed E-state index contributed by atoms with van der Waals surface area (Å²) in [5.41, 5.74) is 0.162. The summed E-state index contributed by atoms with van der Waals surface area (Å²) in [5, 5.41) is 22.3. The van der Waals surface area contributed by atoms with Gasteiger partial charge in [-0.2, -0.15) is 0 Å². The zero-order valence-electron chi connectivity index (χ0n) is 20.4. The Morgan fingerprint density at radius 2 is 1.84 bits per heavy atom. The van der Waals surface area contributed by atoms with E-state index >= 15 is 0 Å². The highest BCUT2D eigenvalue weighted by molar-refractivity contribution is 5.36. The third-order valence-electron chi connectivity index (χ3n) is 11.3. The predicted molar refractivity (Wildman–Crippen MR) is 125 cm³/mol. The van der Waals surface area contributed by atoms with E-state index in [-0.39, 0.29) is 11.5 Å². The largest absolute Gasteiger partial charge is 0.393 e. The van der Waals surface area contributed by atoms with Crippen LogP contribution in [0.15, 0.2) is 12.2 Å². The van der Waals surface area contributed by atoms with Crippen molar-refractivity contribution in [3.8, 4) is 0 Å². The lowest BCUT2D eigenvalue weighted by molar-refractivity contribution is -0.293. The van der Waals surface area contributed by atoms with Gasteiger partial charge in [-0.1, -0.05) is 53.5 Å². The first-order valence-corrected chi connectivity index (χ1v) is 13.4. The van der Waals surface area contributed by atoms with Crippen molar-refractivity contribution in [3.63, 3.8) is 0 Å². The SMILES string of the molecule is C=C1[C@@H]2OC[C@@]3(CC[C@H](O)C[C@]13O)[C@H]1CC[C@]3(C)[C@@H]([C@H](C)CCCC(C)C)CC[C@H]3[C@H]21. The van der Waals surface area contributed by atoms with E-state index in [1.807, 2.05) is 0 Å². The van der Waals surface area contributed by atoms with Gasteiger partial charge < -0.3 is 14.9 Å². The lowest BCUT2D eigenvalue weighted by Gasteiger charge is -2.70. The number of aliphatic hydroxyl groups excluding tert-OH is 1. The van der Waals surface area contributed by atoms with Gasteiger partial charge in [0.2, 0.25) is 0 Å². The number of ether oxygens (including phenoxy) is 1. The summed E-state index contributed by atoms with van der Waals surface area (Å²) in [6.07, 6.45) is 11.0. The molecule has 0 unspecified atom stereocenters. The highest BCUT2D eigenvalue weighted by Crippen LogP contribution is 2.72. The minimum absolute atomic E-state index is 0.0122. The van der Waals surface area contributed by atoms with Crippen LogP contribution in [0, 0.1) is 46.3 Å². The Kier molecular flexibility index (Phi) is 5.47. The monoisotopic (exact) mass is 430 g/mol. The summed E-state index contributed by atoms with van der Waals surface area (Å²) in [4.78, 5) is 0. The molecule has 0 aromatic rings. The average molecular weight is 431 g/mol. The molecule has 6 rings (SSSR count). The molecule has 0 aromatic heterocycles. The topological polar surface area (TPSA) is 49.7 Å². The molecule has 2 N–H and O–H groups in total. The zero-order valence-corrected chi connectivity index (χ0v) is 20.4. The number of fused-ring (bicyclic) bond motifs is 2. The molecule has 0 radical (unpaired) electrons. The van der Waals surface area contributed by atoms with Gasteiger partial charge in [-0.3, -0.25) is 0 Å². The summed E-state index contributed by atoms with van der Waals surface area (Å²) < 4.78 is 6.52. The molecular weight excluding hydrogens is 384 g/mol. The molecule has 10 atom stereocenters. The summed E-state index contributed by atoms with van der Waals surface area (Å²) >= 11 is 0. The maximum Gasteiger partial charge on any atom is 0.0984 e. The quantitative estimate of drug-likeness (QED) is 0.547. The Labute approximate surface area is 190 Å². The average Bonchev–Trinajstić information content (AvgIpc) is 3.07. The molecule has 3 heteroatoms. The smallest absolute Gasteiger partial charge is 0.0984 e. The van der Waals surface area contributed by atoms with E-state index in [0.717, 1.165) is 36.2 Å². The zero-order chi connectivity index (χ0) is 22.2. The standard InChI is InChI=1S/C28H46O3/c1-17(2)7-6-8-18(3)21-9-10-22-24-23(12-13-26(21,22)5)27-14-11-20(29)15-28(27,30)19(4)25(24)31-16-27/h17-18,20-25,29-30H,4,6-16H2,1-3,5H3/t18-,20+,21-,22+,23+,24+,25+,26-,27+,28+/m1/s1. The third kappa shape index (κ3) is 3.01. The van der Waals surface area contributed by atoms with Crippen molar-refractivity contribution < 1.29 is 14.9 Å². The van der Waals surface area contributed by atoms with Gasteiger partial charge in [0.15, 0.2) is 0 Å². The first kappa shape index (κ1) is 22.4. The van der Waals surface area contributed by atoms with E-state index in [4.69, 9.17) is 4.74 Å². The van der Waals surface area contributed by atoms with Gasteiger partial charge >= 0.3 is 0 Å². The molecule has 4 saturated carbocycles. The predicted octanol–water partition coefficient (Wildman–Crippen LogP) is 5.74. The van der Waals surface area contributed by atoms with Gasteiger partial charge in [0.1, 0.15) is 0 Å². The summed E-state index contributed by atoms with van der Waals surface area (Å²) in [6, 6.07) is 0. The van der Waals surface area contributed by atoms with Crippen LogP contribution in [0.5, 0.6) is 0 Å². The van der Waals surface area contributed by atoms with Crippen molar-refractivity contribution in [2.75, 3.05) is 6.61 Å². The van der Waals surface area contributed by atoms with Crippen LogP contribution in [-0.2, 0) is 4.74 Å². The van der Waals surface area contributed by atoms with Crippen LogP contribution >= 0.6 is 0 Å². The molecule has 2 heterocycles. The van der Waals surface area contributed by atoms with Gasteiger partial charge in [0, 0.05) is 11.8 Å². The minimum atomic E-state index is -0.926. The number of hydrogen-bond acceptors (Lipinski definition) is 3. The Hall–Kier alpha value is -0.380. The van der Waals surface area contributed by atoms with Crippen molar-refractivity contribution in [2.24, 2.45) is 46.3 Å². The van der Waals surface area contributed by atoms with Gasteiger partial charge in [-0.15, -0.1) is 0 Å². The molecule has 31 heavy (non-hydrogen) atoms. The minimum Gasteiger partial charge on any atom is -0.393 e. The van der Waals surface area contributed by atoms with Crippen molar-refractivity contribution in [1.29, 1.82) is 0 Å². The van der Waals surface area contributed by atoms with Crippen LogP contribution in [-0.4, -0.2) is 34.6 Å². The second kappa shape index (κ2) is 7.57. The molecule has 0 amide bonds. The second-order valence-corrected chi connectivity index (χ2v) is 13.0. The van der Waals surface area contributed by atoms with E-state index in [1.165, 1.54) is 44.9 Å². The van der Waals surface area contributed by atoms with Crippen LogP contribution in [0.2, 0.25) is 0 Å². The number of rotatable bonds is 5. The molecule has 6 aliphatic rings. The molecule has 176 valence electrons. The number of aliphatic hydroxyl groups is 2. The first-order valence-electron chi connectivity index (χ1n) is 13.4. The molecule has 3 nitrogen and oxygen atoms in total. The number of hydrogen-bond donors (Lipinski definition) is 2. The van der Waals surface area contributed by atoms with Crippen molar-refractivity contribution in [2.45, 2.75) is 110 Å². The normalized spacial score (nSPS) is 52.0. The van der Waals surface area contributed by atoms with Crippen LogP contribution in [0.1, 0.15) is 91.9 Å². The Morgan fingerprint density at radius 1 is 1.06 bits per heavy atom. The fourth-order valence-corrected chi connectivity index (χ4v) is 9.72. The van der Waals surface area contributed by atoms with Crippen molar-refractivity contribution in [3.05, 3.63) is 12.2 Å². The van der Waals surface area contributed by atoms with Crippen LogP contribution < -0.4 is 0 Å². The second-order valence-electron chi connectivity index (χ2n) is 13.0. The highest BCUT2D eigenvalue weighted by Gasteiger charge is 2.73. The van der Waals surface area contributed by atoms with Gasteiger partial charge in [0.25, 0.3) is 0 Å². The van der Waals surface area contributed by atoms with Crippen LogP contribution in [0.3, 0.4) is 0 Å². The summed E-state index contributed by atoms with van der Waals surface area (Å²) in [6.45, 7) is 14.9. The Bertz CT molecular complexity index is 717. The fraction of sp³-hybridized carbons (Fsp3) is 0.929. The molecular formula is C28H46O3. The molecule has 2 bridgehead atoms. The molecule has 0 aromatic carbocycles. The van der Waals surface area contributed by atoms with Gasteiger partial charge in [0.05, 0.1) is 24.4 Å². The summed E-state index contributed by atoms with van der Waals surface area (Å²) in [7, 11) is 0. The van der Waals surface area contributed by atoms with Crippen molar-refractivity contribution in [1.82, 2.24) is 0 Å². The third-order valence-corrected chi connectivity index (χ3v) is 11.3. The lowest BCUT2D eigenvalue weighted by Crippen LogP contribution is -2.74. The molecule has 1 spiro atoms. The molecule has 2 saturated heterocycles. The van der Waals surface area contributed by atoms with Gasteiger partial charge in [-0.05, 0) is 85.0 Å². The van der Waals surface area contributed by atoms with E-state index in [9.17, 15) is 10.2 Å². The van der Waals surface area contributed by atoms with E-state index in [1.54, 1.807) is 0 Å². The molecule has 6 fully saturated rings. The summed E-state index contributed by atoms with van der Waals surface area (Å²) in [5.74, 6) is 4.17. The van der Waals surface area contributed by atoms with E-state index < -0.39 is 11.7 Å². The van der Waals surface area contributed by atoms with E-state index in [0.29, 0.717) is 36.2 Å². The first-order chi connectivity index (χ1) is 14.6. The van der Waals surface area contributed by atoms with Crippen LogP contribution in [0.4, 0.5) is 0 Å². The lowest BCUT2D eigenvalue weighted by atomic mass is 9.40. The molecule has 2 aliphatic heterocycles. The maximum absolute atomic E-state index is 11.9. The van der Waals surface area contributed by atoms with Crippen molar-refractivity contribution >= 4 is 0 Å². The molecule has 4 aliphatic carbocycles. The highest BCUT2D eigenvalue weighted by atomic mass is 16.5. The Balaban J connectivity index is 1.40. The van der Waals surface area contributed by atoms with Gasteiger partial charge in [-0.25, -0.2) is 0 Å². The van der Waals surface area contributed by atoms with Crippen LogP contribution in [0.25, 0.3) is 0 Å². The van der Waals surface area contributed by atoms with E-state index in [2.05, 4.69) is 34.3 Å². The Morgan fingerprint density at radius 3 is 2.58 bits per heavy atom. The maximum atomic E-state index is 11.9. The fourth-order valence-electron chi connectivity index (χ4n) is 9.72.